The van der Waals surface area contributed by atoms with Gasteiger partial charge in [0.25, 0.3) is 0 Å². The molecule has 0 saturated carbocycles. The number of anilines is 1. The monoisotopic (exact) mass is 390 g/mol. The molecule has 0 heterocycles. The van der Waals surface area contributed by atoms with Crippen molar-refractivity contribution in [1.29, 1.82) is 0 Å². The molecule has 2 rings (SSSR count). The average Bonchev–Trinajstić information content (AvgIpc) is 2.61. The Labute approximate surface area is 161 Å². The van der Waals surface area contributed by atoms with Crippen LogP contribution in [-0.2, 0) is 27.7 Å². The van der Waals surface area contributed by atoms with Crippen LogP contribution < -0.4 is 14.8 Å². The number of nitrogens with one attached hydrogen (secondary N) is 2. The highest BCUT2D eigenvalue weighted by molar-refractivity contribution is 7.89. The first kappa shape index (κ1) is 20.9. The topological polar surface area (TPSA) is 84.5 Å². The van der Waals surface area contributed by atoms with Gasteiger partial charge in [0.1, 0.15) is 5.75 Å². The molecule has 0 aliphatic carbocycles. The maximum absolute atomic E-state index is 12.4. The van der Waals surface area contributed by atoms with E-state index in [-0.39, 0.29) is 23.3 Å². The molecule has 0 aliphatic heterocycles. The van der Waals surface area contributed by atoms with E-state index < -0.39 is 10.0 Å². The molecule has 7 heteroatoms. The smallest absolute Gasteiger partial charge is 0.240 e. The third kappa shape index (κ3) is 5.80. The lowest BCUT2D eigenvalue weighted by atomic mass is 10.1. The van der Waals surface area contributed by atoms with Crippen molar-refractivity contribution >= 4 is 21.6 Å². The van der Waals surface area contributed by atoms with Crippen LogP contribution in [-0.4, -0.2) is 27.5 Å². The number of sulfonamides is 1. The van der Waals surface area contributed by atoms with Crippen LogP contribution >= 0.6 is 0 Å². The van der Waals surface area contributed by atoms with Gasteiger partial charge in [0.05, 0.1) is 24.1 Å². The average molecular weight is 391 g/mol. The fourth-order valence-corrected chi connectivity index (χ4v) is 3.88. The van der Waals surface area contributed by atoms with E-state index in [4.69, 9.17) is 4.74 Å². The second-order valence-electron chi connectivity index (χ2n) is 6.53. The minimum absolute atomic E-state index is 0.0691. The van der Waals surface area contributed by atoms with Crippen molar-refractivity contribution in [2.45, 2.75) is 44.6 Å². The fraction of sp³-hybridized carbons (Fsp3) is 0.350. The summed E-state index contributed by atoms with van der Waals surface area (Å²) in [4.78, 5) is 12.5. The summed E-state index contributed by atoms with van der Waals surface area (Å²) in [6.07, 6.45) is 1.13. The molecular weight excluding hydrogens is 364 g/mol. The standard InChI is InChI=1S/C20H26N2O4S/c1-5-15-6-8-16(9-7-15)12-20(23)21-18-13-17(10-11-19(18)26-4)27(24,25)22-14(2)3/h6-11,13-14,22H,5,12H2,1-4H3,(H,21,23). The molecule has 0 unspecified atom stereocenters. The van der Waals surface area contributed by atoms with Crippen molar-refractivity contribution in [3.63, 3.8) is 0 Å². The molecule has 2 N–H and O–H groups in total. The Kier molecular flexibility index (Phi) is 6.98. The van der Waals surface area contributed by atoms with Gasteiger partial charge in [-0.1, -0.05) is 31.2 Å². The highest BCUT2D eigenvalue weighted by Crippen LogP contribution is 2.27. The van der Waals surface area contributed by atoms with Crippen molar-refractivity contribution in [3.8, 4) is 5.75 Å². The molecule has 146 valence electrons. The van der Waals surface area contributed by atoms with Crippen LogP contribution in [0.15, 0.2) is 47.4 Å². The van der Waals surface area contributed by atoms with E-state index in [0.29, 0.717) is 11.4 Å². The number of amides is 1. The van der Waals surface area contributed by atoms with E-state index in [2.05, 4.69) is 17.0 Å². The van der Waals surface area contributed by atoms with Gasteiger partial charge in [-0.2, -0.15) is 0 Å². The Morgan fingerprint density at radius 1 is 1.07 bits per heavy atom. The Bertz CT molecular complexity index is 891. The van der Waals surface area contributed by atoms with Gasteiger partial charge in [-0.3, -0.25) is 4.79 Å². The van der Waals surface area contributed by atoms with E-state index in [1.807, 2.05) is 24.3 Å². The van der Waals surface area contributed by atoms with E-state index in [1.54, 1.807) is 13.8 Å². The van der Waals surface area contributed by atoms with Gasteiger partial charge in [0, 0.05) is 6.04 Å². The van der Waals surface area contributed by atoms with Gasteiger partial charge < -0.3 is 10.1 Å². The van der Waals surface area contributed by atoms with Crippen molar-refractivity contribution in [1.82, 2.24) is 4.72 Å². The van der Waals surface area contributed by atoms with E-state index in [0.717, 1.165) is 12.0 Å². The van der Waals surface area contributed by atoms with Crippen LogP contribution in [0, 0.1) is 0 Å². The third-order valence-corrected chi connectivity index (χ3v) is 5.60. The molecule has 0 aliphatic rings. The number of aryl methyl sites for hydroxylation is 1. The maximum Gasteiger partial charge on any atom is 0.240 e. The predicted molar refractivity (Wildman–Crippen MR) is 107 cm³/mol. The normalized spacial score (nSPS) is 11.4. The molecule has 0 atom stereocenters. The van der Waals surface area contributed by atoms with Crippen LogP contribution in [0.5, 0.6) is 5.75 Å². The molecule has 0 bridgehead atoms. The van der Waals surface area contributed by atoms with Gasteiger partial charge in [-0.15, -0.1) is 0 Å². The summed E-state index contributed by atoms with van der Waals surface area (Å²) in [5.41, 5.74) is 2.41. The van der Waals surface area contributed by atoms with Gasteiger partial charge in [-0.05, 0) is 49.6 Å². The van der Waals surface area contributed by atoms with Gasteiger partial charge in [0.2, 0.25) is 15.9 Å². The number of ether oxygens (including phenoxy) is 1. The number of hydrogen-bond acceptors (Lipinski definition) is 4. The summed E-state index contributed by atoms with van der Waals surface area (Å²) in [6.45, 7) is 5.56. The summed E-state index contributed by atoms with van der Waals surface area (Å²) >= 11 is 0. The Balaban J connectivity index is 2.20. The Hall–Kier alpha value is -2.38. The highest BCUT2D eigenvalue weighted by Gasteiger charge is 2.18. The number of hydrogen-bond donors (Lipinski definition) is 2. The van der Waals surface area contributed by atoms with Crippen molar-refractivity contribution in [2.75, 3.05) is 12.4 Å². The molecular formula is C20H26N2O4S. The van der Waals surface area contributed by atoms with Crippen molar-refractivity contribution < 1.29 is 17.9 Å². The largest absolute Gasteiger partial charge is 0.495 e. The van der Waals surface area contributed by atoms with Gasteiger partial charge in [-0.25, -0.2) is 13.1 Å². The summed E-state index contributed by atoms with van der Waals surface area (Å²) in [5.74, 6) is 0.150. The van der Waals surface area contributed by atoms with Gasteiger partial charge in [0.15, 0.2) is 0 Å². The van der Waals surface area contributed by atoms with Crippen molar-refractivity contribution in [2.24, 2.45) is 0 Å². The number of methoxy groups -OCH3 is 1. The summed E-state index contributed by atoms with van der Waals surface area (Å²) in [5, 5.41) is 2.75. The lowest BCUT2D eigenvalue weighted by Crippen LogP contribution is -2.30. The first-order valence-corrected chi connectivity index (χ1v) is 10.3. The van der Waals surface area contributed by atoms with Gasteiger partial charge >= 0.3 is 0 Å². The summed E-state index contributed by atoms with van der Waals surface area (Å²) in [7, 11) is -2.20. The molecule has 0 spiro atoms. The maximum atomic E-state index is 12.4. The van der Waals surface area contributed by atoms with Crippen LogP contribution in [0.1, 0.15) is 31.9 Å². The molecule has 2 aromatic carbocycles. The SMILES string of the molecule is CCc1ccc(CC(=O)Nc2cc(S(=O)(=O)NC(C)C)ccc2OC)cc1. The zero-order valence-corrected chi connectivity index (χ0v) is 16.9. The second kappa shape index (κ2) is 9.01. The van der Waals surface area contributed by atoms with E-state index in [9.17, 15) is 13.2 Å². The van der Waals surface area contributed by atoms with Crippen LogP contribution in [0.2, 0.25) is 0 Å². The summed E-state index contributed by atoms with van der Waals surface area (Å²) in [6, 6.07) is 12.0. The first-order valence-electron chi connectivity index (χ1n) is 8.83. The second-order valence-corrected chi connectivity index (χ2v) is 8.25. The van der Waals surface area contributed by atoms with E-state index >= 15 is 0 Å². The predicted octanol–water partition coefficient (Wildman–Crippen LogP) is 3.13. The summed E-state index contributed by atoms with van der Waals surface area (Å²) < 4.78 is 32.5. The molecule has 0 aromatic heterocycles. The highest BCUT2D eigenvalue weighted by atomic mass is 32.2. The number of rotatable bonds is 8. The fourth-order valence-electron chi connectivity index (χ4n) is 2.60. The number of benzene rings is 2. The molecule has 0 saturated heterocycles. The molecule has 6 nitrogen and oxygen atoms in total. The Morgan fingerprint density at radius 2 is 1.70 bits per heavy atom. The molecule has 27 heavy (non-hydrogen) atoms. The molecule has 1 amide bonds. The number of carbonyl (C=O) groups is 1. The van der Waals surface area contributed by atoms with Crippen LogP contribution in [0.25, 0.3) is 0 Å². The molecule has 0 fully saturated rings. The zero-order valence-electron chi connectivity index (χ0n) is 16.1. The minimum Gasteiger partial charge on any atom is -0.495 e. The zero-order chi connectivity index (χ0) is 20.0. The Morgan fingerprint density at radius 3 is 2.26 bits per heavy atom. The third-order valence-electron chi connectivity index (χ3n) is 3.94. The number of carbonyl (C=O) groups excluding carboxylic acids is 1. The molecule has 2 aromatic rings. The minimum atomic E-state index is -3.67. The van der Waals surface area contributed by atoms with Crippen molar-refractivity contribution in [3.05, 3.63) is 53.6 Å². The quantitative estimate of drug-likeness (QED) is 0.725. The van der Waals surface area contributed by atoms with Crippen LogP contribution in [0.3, 0.4) is 0 Å². The lowest BCUT2D eigenvalue weighted by Gasteiger charge is -2.14. The lowest BCUT2D eigenvalue weighted by molar-refractivity contribution is -0.115. The van der Waals surface area contributed by atoms with E-state index in [1.165, 1.54) is 30.9 Å². The van der Waals surface area contributed by atoms with Crippen LogP contribution in [0.4, 0.5) is 5.69 Å². The molecule has 0 radical (unpaired) electrons. The first-order chi connectivity index (χ1) is 12.7.